The summed E-state index contributed by atoms with van der Waals surface area (Å²) in [4.78, 5) is 42.6. The number of methoxy groups -OCH3 is 1. The van der Waals surface area contributed by atoms with E-state index in [1.165, 1.54) is 45.9 Å². The van der Waals surface area contributed by atoms with Crippen LogP contribution >= 0.6 is 11.8 Å². The Hall–Kier alpha value is -2.52. The second-order valence-electron chi connectivity index (χ2n) is 7.61. The maximum atomic E-state index is 13.1. The molecular weight excluding hydrogens is 416 g/mol. The molecule has 9 heteroatoms. The number of nitrogens with two attached hydrogens (primary N) is 1. The number of aryl methyl sites for hydroxylation is 2. The Bertz CT molecular complexity index is 1050. The van der Waals surface area contributed by atoms with Gasteiger partial charge in [0.25, 0.3) is 5.56 Å². The molecule has 168 valence electrons. The molecule has 1 aromatic heterocycles. The van der Waals surface area contributed by atoms with Crippen LogP contribution in [0.5, 0.6) is 0 Å². The number of aromatic amines is 1. The molecule has 1 aliphatic carbocycles. The van der Waals surface area contributed by atoms with Crippen molar-refractivity contribution in [3.05, 3.63) is 50.2 Å². The van der Waals surface area contributed by atoms with Gasteiger partial charge in [0.05, 0.1) is 12.4 Å². The van der Waals surface area contributed by atoms with E-state index < -0.39 is 11.2 Å². The molecule has 0 bridgehead atoms. The number of nitrogen functional groups attached to an aromatic ring is 1. The number of hydrogen-bond donors (Lipinski definition) is 2. The van der Waals surface area contributed by atoms with E-state index in [0.717, 1.165) is 30.6 Å². The standard InChI is InChI=1S/C22H30N4O4S/c1-3-4-10-26-20(23)19(21(28)24-22(26)29)25(11-12-30-2)18(27)14-31-17-9-8-15-6-5-7-16(15)13-17/h8-9,13H,3-7,10-12,14,23H2,1-2H3,(H,24,28,29). The molecule has 0 spiro atoms. The van der Waals surface area contributed by atoms with Gasteiger partial charge in [0.1, 0.15) is 5.82 Å². The van der Waals surface area contributed by atoms with Gasteiger partial charge in [-0.25, -0.2) is 4.79 Å². The smallest absolute Gasteiger partial charge is 0.330 e. The quantitative estimate of drug-likeness (QED) is 0.541. The molecule has 8 nitrogen and oxygen atoms in total. The number of ether oxygens (including phenoxy) is 1. The summed E-state index contributed by atoms with van der Waals surface area (Å²) < 4.78 is 6.45. The second kappa shape index (κ2) is 10.7. The van der Waals surface area contributed by atoms with Gasteiger partial charge in [-0.15, -0.1) is 11.8 Å². The Balaban J connectivity index is 1.84. The number of rotatable bonds is 10. The van der Waals surface area contributed by atoms with Crippen molar-refractivity contribution in [3.63, 3.8) is 0 Å². The molecule has 3 rings (SSSR count). The minimum Gasteiger partial charge on any atom is -0.383 e. The van der Waals surface area contributed by atoms with E-state index in [1.54, 1.807) is 0 Å². The molecule has 1 amide bonds. The van der Waals surface area contributed by atoms with Crippen LogP contribution in [0, 0.1) is 0 Å². The van der Waals surface area contributed by atoms with E-state index in [9.17, 15) is 14.4 Å². The zero-order chi connectivity index (χ0) is 22.4. The highest BCUT2D eigenvalue weighted by Gasteiger charge is 2.24. The number of thioether (sulfide) groups is 1. The second-order valence-corrected chi connectivity index (χ2v) is 8.66. The molecule has 0 saturated carbocycles. The highest BCUT2D eigenvalue weighted by Crippen LogP contribution is 2.28. The Kier molecular flexibility index (Phi) is 7.97. The number of nitrogens with one attached hydrogen (secondary N) is 1. The highest BCUT2D eigenvalue weighted by molar-refractivity contribution is 8.00. The van der Waals surface area contributed by atoms with E-state index in [-0.39, 0.29) is 36.3 Å². The fourth-order valence-corrected chi connectivity index (χ4v) is 4.62. The van der Waals surface area contributed by atoms with Crippen molar-refractivity contribution < 1.29 is 9.53 Å². The largest absolute Gasteiger partial charge is 0.383 e. The van der Waals surface area contributed by atoms with Crippen LogP contribution in [0.25, 0.3) is 0 Å². The number of amides is 1. The van der Waals surface area contributed by atoms with Crippen LogP contribution in [0.4, 0.5) is 11.5 Å². The number of carbonyl (C=O) groups is 1. The zero-order valence-corrected chi connectivity index (χ0v) is 18.9. The molecule has 0 fully saturated rings. The number of aromatic nitrogens is 2. The lowest BCUT2D eigenvalue weighted by Gasteiger charge is -2.24. The number of H-pyrrole nitrogens is 1. The Morgan fingerprint density at radius 1 is 1.29 bits per heavy atom. The minimum atomic E-state index is -0.665. The third kappa shape index (κ3) is 5.40. The molecule has 0 atom stereocenters. The summed E-state index contributed by atoms with van der Waals surface area (Å²) in [7, 11) is 1.53. The van der Waals surface area contributed by atoms with Crippen LogP contribution in [0.3, 0.4) is 0 Å². The number of anilines is 2. The van der Waals surface area contributed by atoms with Crippen molar-refractivity contribution in [2.75, 3.05) is 36.6 Å². The number of hydrogen-bond acceptors (Lipinski definition) is 6. The molecule has 1 aromatic carbocycles. The van der Waals surface area contributed by atoms with Gasteiger partial charge in [-0.1, -0.05) is 19.4 Å². The normalized spacial score (nSPS) is 12.7. The Morgan fingerprint density at radius 2 is 2.06 bits per heavy atom. The van der Waals surface area contributed by atoms with Gasteiger partial charge in [-0.05, 0) is 48.9 Å². The first-order valence-electron chi connectivity index (χ1n) is 10.6. The fraction of sp³-hybridized carbons (Fsp3) is 0.500. The summed E-state index contributed by atoms with van der Waals surface area (Å²) in [6.07, 6.45) is 4.95. The highest BCUT2D eigenvalue weighted by atomic mass is 32.2. The first-order valence-corrected chi connectivity index (χ1v) is 11.6. The van der Waals surface area contributed by atoms with Crippen molar-refractivity contribution in [2.45, 2.75) is 50.5 Å². The SMILES string of the molecule is CCCCn1c(N)c(N(CCOC)C(=O)CSc2ccc3c(c2)CCC3)c(=O)[nH]c1=O. The van der Waals surface area contributed by atoms with Gasteiger partial charge in [0.15, 0.2) is 5.69 Å². The molecular formula is C22H30N4O4S. The number of nitrogens with zero attached hydrogens (tertiary/aromatic N) is 2. The average molecular weight is 447 g/mol. The number of carbonyl (C=O) groups excluding carboxylic acids is 1. The summed E-state index contributed by atoms with van der Waals surface area (Å²) in [5, 5.41) is 0. The maximum absolute atomic E-state index is 13.1. The van der Waals surface area contributed by atoms with E-state index >= 15 is 0 Å². The third-order valence-electron chi connectivity index (χ3n) is 5.47. The molecule has 0 radical (unpaired) electrons. The van der Waals surface area contributed by atoms with Crippen molar-refractivity contribution in [3.8, 4) is 0 Å². The van der Waals surface area contributed by atoms with Gasteiger partial charge in [0.2, 0.25) is 5.91 Å². The van der Waals surface area contributed by atoms with Crippen molar-refractivity contribution in [1.82, 2.24) is 9.55 Å². The summed E-state index contributed by atoms with van der Waals surface area (Å²) in [5.41, 5.74) is 7.71. The predicted octanol–water partition coefficient (Wildman–Crippen LogP) is 2.18. The molecule has 0 saturated heterocycles. The third-order valence-corrected chi connectivity index (χ3v) is 6.45. The lowest BCUT2D eigenvalue weighted by Crippen LogP contribution is -2.43. The number of fused-ring (bicyclic) bond motifs is 1. The Morgan fingerprint density at radius 3 is 2.81 bits per heavy atom. The number of benzene rings is 1. The van der Waals surface area contributed by atoms with E-state index in [4.69, 9.17) is 10.5 Å². The summed E-state index contributed by atoms with van der Waals surface area (Å²) in [6.45, 7) is 2.78. The van der Waals surface area contributed by atoms with Gasteiger partial charge in [-0.2, -0.15) is 0 Å². The lowest BCUT2D eigenvalue weighted by molar-refractivity contribution is -0.116. The van der Waals surface area contributed by atoms with E-state index in [2.05, 4.69) is 17.1 Å². The van der Waals surface area contributed by atoms with Crippen LogP contribution in [-0.4, -0.2) is 41.5 Å². The molecule has 0 aliphatic heterocycles. The van der Waals surface area contributed by atoms with Crippen LogP contribution in [0.1, 0.15) is 37.3 Å². The van der Waals surface area contributed by atoms with Crippen LogP contribution in [-0.2, 0) is 28.9 Å². The minimum absolute atomic E-state index is 0.00677. The molecule has 2 aromatic rings. The summed E-state index contributed by atoms with van der Waals surface area (Å²) in [6, 6.07) is 6.31. The molecule has 3 N–H and O–H groups in total. The van der Waals surface area contributed by atoms with Crippen LogP contribution in [0.15, 0.2) is 32.7 Å². The van der Waals surface area contributed by atoms with Crippen molar-refractivity contribution in [2.24, 2.45) is 0 Å². The van der Waals surface area contributed by atoms with Crippen molar-refractivity contribution in [1.29, 1.82) is 0 Å². The predicted molar refractivity (Wildman–Crippen MR) is 124 cm³/mol. The first-order chi connectivity index (χ1) is 15.0. The Labute approximate surface area is 185 Å². The fourth-order valence-electron chi connectivity index (χ4n) is 3.78. The summed E-state index contributed by atoms with van der Waals surface area (Å²) in [5.74, 6) is -0.107. The van der Waals surface area contributed by atoms with Crippen molar-refractivity contribution >= 4 is 29.2 Å². The summed E-state index contributed by atoms with van der Waals surface area (Å²) >= 11 is 1.43. The van der Waals surface area contributed by atoms with Crippen LogP contribution < -0.4 is 21.9 Å². The van der Waals surface area contributed by atoms with Gasteiger partial charge in [0, 0.05) is 25.1 Å². The number of unbranched alkanes of at least 4 members (excludes halogenated alkanes) is 1. The first kappa shape index (κ1) is 23.1. The van der Waals surface area contributed by atoms with Gasteiger partial charge in [-0.3, -0.25) is 19.1 Å². The topological polar surface area (TPSA) is 110 Å². The van der Waals surface area contributed by atoms with E-state index in [1.807, 2.05) is 13.0 Å². The lowest BCUT2D eigenvalue weighted by atomic mass is 10.1. The molecule has 0 unspecified atom stereocenters. The van der Waals surface area contributed by atoms with Gasteiger partial charge >= 0.3 is 5.69 Å². The maximum Gasteiger partial charge on any atom is 0.330 e. The monoisotopic (exact) mass is 446 g/mol. The molecule has 1 aliphatic rings. The zero-order valence-electron chi connectivity index (χ0n) is 18.1. The van der Waals surface area contributed by atoms with E-state index in [0.29, 0.717) is 6.54 Å². The average Bonchev–Trinajstić information content (AvgIpc) is 3.22. The molecule has 1 heterocycles. The van der Waals surface area contributed by atoms with Crippen LogP contribution in [0.2, 0.25) is 0 Å². The molecule has 31 heavy (non-hydrogen) atoms. The van der Waals surface area contributed by atoms with Gasteiger partial charge < -0.3 is 15.4 Å².